The van der Waals surface area contributed by atoms with Crippen LogP contribution in [0.5, 0.6) is 23.0 Å². The highest BCUT2D eigenvalue weighted by Crippen LogP contribution is 2.39. The molecule has 0 amide bonds. The number of aliphatic imine (C=N–C) groups is 2. The second kappa shape index (κ2) is 14.3. The van der Waals surface area contributed by atoms with Crippen LogP contribution >= 0.6 is 0 Å². The van der Waals surface area contributed by atoms with Crippen LogP contribution in [0.2, 0.25) is 0 Å². The van der Waals surface area contributed by atoms with Crippen molar-refractivity contribution >= 4 is 23.8 Å². The molecule has 0 radical (unpaired) electrons. The Bertz CT molecular complexity index is 1660. The van der Waals surface area contributed by atoms with Crippen LogP contribution in [0.4, 0.5) is 11.4 Å². The third-order valence-corrected chi connectivity index (χ3v) is 8.08. The number of nitrogens with zero attached hydrogens (tertiary/aromatic N) is 2. The van der Waals surface area contributed by atoms with Gasteiger partial charge in [-0.15, -0.1) is 0 Å². The highest BCUT2D eigenvalue weighted by Gasteiger charge is 2.26. The Labute approximate surface area is 287 Å². The number of aromatic hydroxyl groups is 4. The number of rotatable bonds is 4. The summed E-state index contributed by atoms with van der Waals surface area (Å²) in [5.74, 6) is 0.733. The van der Waals surface area contributed by atoms with E-state index in [2.05, 4.69) is 105 Å². The third kappa shape index (κ3) is 9.72. The molecule has 0 aliphatic heterocycles. The molecule has 0 aliphatic carbocycles. The molecule has 0 saturated carbocycles. The zero-order chi connectivity index (χ0) is 36.2. The van der Waals surface area contributed by atoms with E-state index < -0.39 is 0 Å². The first kappa shape index (κ1) is 37.9. The predicted molar refractivity (Wildman–Crippen MR) is 202 cm³/mol. The summed E-state index contributed by atoms with van der Waals surface area (Å²) < 4.78 is 0. The van der Waals surface area contributed by atoms with Crippen LogP contribution in [0.3, 0.4) is 0 Å². The number of phenols is 4. The average Bonchev–Trinajstić information content (AvgIpc) is 2.95. The number of hydrogen-bond donors (Lipinski definition) is 4. The van der Waals surface area contributed by atoms with E-state index in [4.69, 9.17) is 0 Å². The van der Waals surface area contributed by atoms with Gasteiger partial charge in [0.15, 0.2) is 0 Å². The highest BCUT2D eigenvalue weighted by atomic mass is 16.3. The zero-order valence-electron chi connectivity index (χ0n) is 30.8. The highest BCUT2D eigenvalue weighted by molar-refractivity contribution is 5.88. The van der Waals surface area contributed by atoms with Crippen molar-refractivity contribution in [2.45, 2.75) is 105 Å². The monoisotopic (exact) mass is 650 g/mol. The first-order chi connectivity index (χ1) is 22.0. The number of phenolic OH excluding ortho intramolecular Hbond substituents is 4. The van der Waals surface area contributed by atoms with Gasteiger partial charge in [-0.2, -0.15) is 0 Å². The number of hydrogen-bond acceptors (Lipinski definition) is 6. The van der Waals surface area contributed by atoms with Crippen LogP contribution in [-0.4, -0.2) is 32.9 Å². The summed E-state index contributed by atoms with van der Waals surface area (Å²) in [6, 6.07) is 21.9. The summed E-state index contributed by atoms with van der Waals surface area (Å²) in [6.45, 7) is 25.4. The van der Waals surface area contributed by atoms with E-state index in [1.807, 2.05) is 24.3 Å². The van der Waals surface area contributed by atoms with Crippen LogP contribution < -0.4 is 0 Å². The van der Waals surface area contributed by atoms with Gasteiger partial charge in [-0.05, 0) is 69.2 Å². The van der Waals surface area contributed by atoms with E-state index in [9.17, 15) is 20.4 Å². The normalized spacial score (nSPS) is 12.8. The van der Waals surface area contributed by atoms with Crippen molar-refractivity contribution < 1.29 is 20.4 Å². The molecule has 0 unspecified atom stereocenters. The van der Waals surface area contributed by atoms with Gasteiger partial charge in [-0.25, -0.2) is 0 Å². The predicted octanol–water partition coefficient (Wildman–Crippen LogP) is 10.9. The summed E-state index contributed by atoms with van der Waals surface area (Å²) in [7, 11) is 0. The largest absolute Gasteiger partial charge is 0.507 e. The van der Waals surface area contributed by atoms with Gasteiger partial charge < -0.3 is 20.4 Å². The summed E-state index contributed by atoms with van der Waals surface area (Å²) in [4.78, 5) is 8.70. The quantitative estimate of drug-likeness (QED) is 0.165. The fourth-order valence-corrected chi connectivity index (χ4v) is 4.94. The lowest BCUT2D eigenvalue weighted by atomic mass is 9.79. The van der Waals surface area contributed by atoms with Crippen LogP contribution in [0.1, 0.15) is 116 Å². The Kier molecular flexibility index (Phi) is 11.3. The van der Waals surface area contributed by atoms with Crippen LogP contribution in [0, 0.1) is 0 Å². The Balaban J connectivity index is 0.000000260. The third-order valence-electron chi connectivity index (χ3n) is 8.08. The van der Waals surface area contributed by atoms with E-state index in [1.54, 1.807) is 48.8 Å². The number of para-hydroxylation sites is 4. The summed E-state index contributed by atoms with van der Waals surface area (Å²) in [6.07, 6.45) is 3.24. The molecule has 0 bridgehead atoms. The van der Waals surface area contributed by atoms with E-state index in [-0.39, 0.29) is 44.7 Å². The molecule has 4 aromatic carbocycles. The Hall–Kier alpha value is -4.58. The SMILES string of the molecule is CC(C)(C)c1cc(C=Nc2ccccc2O)c(O)c(C(C)(C)C)c1.CC(C)(C)c1cc(C=Nc2ccccc2O)c(O)c(C(C)(C)C)c1. The molecular weight excluding hydrogens is 596 g/mol. The minimum absolute atomic E-state index is 0.0365. The fraction of sp³-hybridized carbons (Fsp3) is 0.381. The van der Waals surface area contributed by atoms with Gasteiger partial charge in [0.1, 0.15) is 34.4 Å². The molecule has 48 heavy (non-hydrogen) atoms. The topological polar surface area (TPSA) is 106 Å². The fourth-order valence-electron chi connectivity index (χ4n) is 4.94. The van der Waals surface area contributed by atoms with Crippen LogP contribution in [0.25, 0.3) is 0 Å². The molecule has 0 heterocycles. The molecule has 0 atom stereocenters. The second-order valence-electron chi connectivity index (χ2n) is 16.4. The molecule has 0 saturated heterocycles. The van der Waals surface area contributed by atoms with Gasteiger partial charge in [0, 0.05) is 34.7 Å². The lowest BCUT2D eigenvalue weighted by Crippen LogP contribution is -2.17. The lowest BCUT2D eigenvalue weighted by molar-refractivity contribution is 0.443. The lowest BCUT2D eigenvalue weighted by Gasteiger charge is -2.27. The Morgan fingerprint density at radius 2 is 0.750 bits per heavy atom. The molecule has 0 spiro atoms. The van der Waals surface area contributed by atoms with E-state index in [0.29, 0.717) is 22.5 Å². The van der Waals surface area contributed by atoms with Crippen molar-refractivity contribution in [3.8, 4) is 23.0 Å². The zero-order valence-corrected chi connectivity index (χ0v) is 30.8. The molecule has 0 fully saturated rings. The van der Waals surface area contributed by atoms with Crippen molar-refractivity contribution in [3.05, 3.63) is 106 Å². The Morgan fingerprint density at radius 3 is 1.02 bits per heavy atom. The molecule has 0 aromatic heterocycles. The molecule has 4 rings (SSSR count). The average molecular weight is 651 g/mol. The standard InChI is InChI=1S/2C21H27NO2/c2*1-20(2,3)15-11-14(19(24)16(12-15)21(4,5)6)13-22-17-9-7-8-10-18(17)23/h2*7-13,23-24H,1-6H3. The molecule has 0 aliphatic rings. The van der Waals surface area contributed by atoms with Gasteiger partial charge in [-0.3, -0.25) is 9.98 Å². The van der Waals surface area contributed by atoms with E-state index in [1.165, 1.54) is 0 Å². The first-order valence-electron chi connectivity index (χ1n) is 16.4. The van der Waals surface area contributed by atoms with Crippen molar-refractivity contribution in [1.82, 2.24) is 0 Å². The van der Waals surface area contributed by atoms with Gasteiger partial charge >= 0.3 is 0 Å². The minimum atomic E-state index is -0.178. The van der Waals surface area contributed by atoms with E-state index in [0.717, 1.165) is 22.3 Å². The Morgan fingerprint density at radius 1 is 0.438 bits per heavy atom. The maximum absolute atomic E-state index is 10.7. The number of benzene rings is 4. The van der Waals surface area contributed by atoms with Crippen molar-refractivity contribution in [2.24, 2.45) is 9.98 Å². The van der Waals surface area contributed by atoms with Crippen LogP contribution in [0.15, 0.2) is 82.8 Å². The molecule has 256 valence electrons. The first-order valence-corrected chi connectivity index (χ1v) is 16.4. The second-order valence-corrected chi connectivity index (χ2v) is 16.4. The summed E-state index contributed by atoms with van der Waals surface area (Å²) in [5, 5.41) is 41.1. The van der Waals surface area contributed by atoms with E-state index >= 15 is 0 Å². The molecule has 6 heteroatoms. The van der Waals surface area contributed by atoms with Gasteiger partial charge in [-0.1, -0.05) is 119 Å². The smallest absolute Gasteiger partial charge is 0.141 e. The molecule has 4 N–H and O–H groups in total. The van der Waals surface area contributed by atoms with Gasteiger partial charge in [0.05, 0.1) is 0 Å². The minimum Gasteiger partial charge on any atom is -0.507 e. The van der Waals surface area contributed by atoms with Crippen molar-refractivity contribution in [1.29, 1.82) is 0 Å². The van der Waals surface area contributed by atoms with Gasteiger partial charge in [0.2, 0.25) is 0 Å². The van der Waals surface area contributed by atoms with Gasteiger partial charge in [0.25, 0.3) is 0 Å². The van der Waals surface area contributed by atoms with Crippen molar-refractivity contribution in [2.75, 3.05) is 0 Å². The summed E-state index contributed by atoms with van der Waals surface area (Å²) in [5.41, 5.74) is 5.94. The van der Waals surface area contributed by atoms with Crippen molar-refractivity contribution in [3.63, 3.8) is 0 Å². The maximum atomic E-state index is 10.7. The van der Waals surface area contributed by atoms with Crippen LogP contribution in [-0.2, 0) is 21.7 Å². The molecule has 4 aromatic rings. The molecular formula is C42H54N2O4. The summed E-state index contributed by atoms with van der Waals surface area (Å²) >= 11 is 0. The maximum Gasteiger partial charge on any atom is 0.141 e. The molecule has 6 nitrogen and oxygen atoms in total.